The SMILES string of the molecule is CCC(C)=c1c(OCC2CNC2)ccc/c1=C1\c2cc(=O)c(C(=O)O)cn2C(C(C)(C)C)CN1C. The number of pyridine rings is 1. The Kier molecular flexibility index (Phi) is 6.82. The zero-order chi connectivity index (χ0) is 25.5. The van der Waals surface area contributed by atoms with Gasteiger partial charge in [-0.25, -0.2) is 4.79 Å². The molecular formula is C28H37N3O4. The van der Waals surface area contributed by atoms with Crippen molar-refractivity contribution in [1.29, 1.82) is 0 Å². The zero-order valence-electron chi connectivity index (χ0n) is 21.6. The number of carbonyl (C=O) groups is 1. The highest BCUT2D eigenvalue weighted by molar-refractivity contribution is 5.87. The topological polar surface area (TPSA) is 83.8 Å². The maximum atomic E-state index is 12.9. The summed E-state index contributed by atoms with van der Waals surface area (Å²) in [4.78, 5) is 26.9. The average molecular weight is 480 g/mol. The standard InChI is InChI=1S/C28H37N3O4/c1-7-17(2)25-19(9-8-10-23(25)35-16-18-12-29-13-18)26-21-11-22(32)20(27(33)34)14-31(21)24(15-30(26)6)28(3,4)5/h8-11,14,18,24,29H,7,12-13,15-16H2,1-6H3,(H,33,34)/b25-17?,26-19-. The first-order chi connectivity index (χ1) is 16.5. The van der Waals surface area contributed by atoms with E-state index in [2.05, 4.69) is 50.9 Å². The van der Waals surface area contributed by atoms with E-state index in [1.807, 2.05) is 23.7 Å². The lowest BCUT2D eigenvalue weighted by molar-refractivity contribution is 0.0693. The van der Waals surface area contributed by atoms with Crippen LogP contribution in [0.1, 0.15) is 63.1 Å². The van der Waals surface area contributed by atoms with Crippen molar-refractivity contribution in [2.45, 2.75) is 47.1 Å². The van der Waals surface area contributed by atoms with Gasteiger partial charge in [0.25, 0.3) is 0 Å². The Hall–Kier alpha value is -3.06. The van der Waals surface area contributed by atoms with Crippen LogP contribution < -0.4 is 25.9 Å². The van der Waals surface area contributed by atoms with Crippen LogP contribution in [0.2, 0.25) is 0 Å². The molecule has 1 unspecified atom stereocenters. The van der Waals surface area contributed by atoms with Gasteiger partial charge in [0, 0.05) is 55.3 Å². The summed E-state index contributed by atoms with van der Waals surface area (Å²) in [6.07, 6.45) is 2.40. The Morgan fingerprint density at radius 1 is 1.26 bits per heavy atom. The Bertz CT molecular complexity index is 1320. The molecule has 1 saturated heterocycles. The first kappa shape index (κ1) is 25.0. The fraction of sp³-hybridized carbons (Fsp3) is 0.500. The predicted molar refractivity (Wildman–Crippen MR) is 138 cm³/mol. The number of carboxylic acids is 1. The lowest BCUT2D eigenvalue weighted by atomic mass is 9.84. The van der Waals surface area contributed by atoms with Crippen molar-refractivity contribution >= 4 is 17.2 Å². The number of carboxylic acid groups (broad SMARTS) is 1. The van der Waals surface area contributed by atoms with E-state index in [-0.39, 0.29) is 17.0 Å². The van der Waals surface area contributed by atoms with Crippen molar-refractivity contribution in [1.82, 2.24) is 14.8 Å². The molecule has 3 heterocycles. The Morgan fingerprint density at radius 3 is 2.54 bits per heavy atom. The van der Waals surface area contributed by atoms with Gasteiger partial charge in [0.05, 0.1) is 24.0 Å². The zero-order valence-corrected chi connectivity index (χ0v) is 21.6. The van der Waals surface area contributed by atoms with Crippen LogP contribution in [-0.4, -0.2) is 53.8 Å². The van der Waals surface area contributed by atoms with Gasteiger partial charge in [-0.15, -0.1) is 0 Å². The molecule has 2 aliphatic rings. The first-order valence-corrected chi connectivity index (χ1v) is 12.4. The maximum absolute atomic E-state index is 12.9. The normalized spacial score (nSPS) is 20.7. The molecule has 0 aliphatic carbocycles. The lowest BCUT2D eigenvalue weighted by Gasteiger charge is -2.43. The van der Waals surface area contributed by atoms with Crippen molar-refractivity contribution in [3.63, 3.8) is 0 Å². The molecule has 2 aromatic rings. The summed E-state index contributed by atoms with van der Waals surface area (Å²) >= 11 is 0. The number of aromatic nitrogens is 1. The molecule has 188 valence electrons. The number of hydrogen-bond acceptors (Lipinski definition) is 5. The highest BCUT2D eigenvalue weighted by Crippen LogP contribution is 2.37. The van der Waals surface area contributed by atoms with Crippen LogP contribution in [0, 0.1) is 11.3 Å². The quantitative estimate of drug-likeness (QED) is 0.685. The number of aromatic carboxylic acids is 1. The molecule has 35 heavy (non-hydrogen) atoms. The highest BCUT2D eigenvalue weighted by atomic mass is 16.5. The van der Waals surface area contributed by atoms with Crippen molar-refractivity contribution < 1.29 is 14.6 Å². The highest BCUT2D eigenvalue weighted by Gasteiger charge is 2.35. The van der Waals surface area contributed by atoms with E-state index in [0.29, 0.717) is 19.1 Å². The summed E-state index contributed by atoms with van der Waals surface area (Å²) in [5.74, 6) is 0.165. The van der Waals surface area contributed by atoms with E-state index in [4.69, 9.17) is 4.74 Å². The molecule has 1 aromatic carbocycles. The fourth-order valence-corrected chi connectivity index (χ4v) is 4.97. The third-order valence-electron chi connectivity index (χ3n) is 7.30. The molecule has 0 saturated carbocycles. The number of likely N-dealkylation sites (N-methyl/N-ethyl adjacent to an activating group) is 1. The second-order valence-electron chi connectivity index (χ2n) is 10.9. The molecular weight excluding hydrogens is 442 g/mol. The monoisotopic (exact) mass is 479 g/mol. The van der Waals surface area contributed by atoms with Crippen LogP contribution in [0.4, 0.5) is 0 Å². The minimum absolute atomic E-state index is 0.00444. The molecule has 7 heteroatoms. The number of nitrogens with one attached hydrogen (secondary N) is 1. The lowest BCUT2D eigenvalue weighted by Crippen LogP contribution is -2.47. The summed E-state index contributed by atoms with van der Waals surface area (Å²) in [7, 11) is 2.05. The number of benzene rings is 1. The van der Waals surface area contributed by atoms with E-state index in [1.165, 1.54) is 17.8 Å². The number of fused-ring (bicyclic) bond motifs is 1. The Labute approximate surface area is 206 Å². The van der Waals surface area contributed by atoms with Gasteiger partial charge < -0.3 is 24.6 Å². The molecule has 0 radical (unpaired) electrons. The molecule has 0 spiro atoms. The molecule has 4 rings (SSSR count). The fourth-order valence-electron chi connectivity index (χ4n) is 4.97. The number of nitrogens with zero attached hydrogens (tertiary/aromatic N) is 2. The van der Waals surface area contributed by atoms with Gasteiger partial charge in [-0.05, 0) is 24.8 Å². The largest absolute Gasteiger partial charge is 0.493 e. The maximum Gasteiger partial charge on any atom is 0.341 e. The summed E-state index contributed by atoms with van der Waals surface area (Å²) in [5.41, 5.74) is 2.03. The summed E-state index contributed by atoms with van der Waals surface area (Å²) in [6.45, 7) is 14.0. The van der Waals surface area contributed by atoms with Crippen LogP contribution in [0.3, 0.4) is 0 Å². The van der Waals surface area contributed by atoms with Crippen molar-refractivity contribution in [2.75, 3.05) is 33.3 Å². The number of ether oxygens (including phenoxy) is 1. The van der Waals surface area contributed by atoms with Crippen LogP contribution in [0.15, 0.2) is 35.3 Å². The summed E-state index contributed by atoms with van der Waals surface area (Å²) in [5, 5.41) is 15.0. The van der Waals surface area contributed by atoms with Gasteiger partial charge in [-0.1, -0.05) is 45.4 Å². The van der Waals surface area contributed by atoms with Crippen LogP contribution >= 0.6 is 0 Å². The van der Waals surface area contributed by atoms with E-state index in [9.17, 15) is 14.7 Å². The Morgan fingerprint density at radius 2 is 1.97 bits per heavy atom. The third kappa shape index (κ3) is 4.74. The van der Waals surface area contributed by atoms with Gasteiger partial charge in [-0.2, -0.15) is 0 Å². The van der Waals surface area contributed by atoms with Crippen LogP contribution in [-0.2, 0) is 0 Å². The van der Waals surface area contributed by atoms with Gasteiger partial charge in [0.15, 0.2) is 5.43 Å². The number of hydrogen-bond donors (Lipinski definition) is 2. The van der Waals surface area contributed by atoms with Crippen LogP contribution in [0.25, 0.3) is 11.3 Å². The molecule has 1 aromatic heterocycles. The minimum Gasteiger partial charge on any atom is -0.493 e. The second-order valence-corrected chi connectivity index (χ2v) is 10.9. The van der Waals surface area contributed by atoms with Gasteiger partial charge in [0.1, 0.15) is 11.3 Å². The first-order valence-electron chi connectivity index (χ1n) is 12.4. The molecule has 1 fully saturated rings. The summed E-state index contributed by atoms with van der Waals surface area (Å²) in [6, 6.07) is 7.59. The Balaban J connectivity index is 2.04. The van der Waals surface area contributed by atoms with E-state index >= 15 is 0 Å². The van der Waals surface area contributed by atoms with Gasteiger partial charge >= 0.3 is 5.97 Å². The van der Waals surface area contributed by atoms with Crippen molar-refractivity contribution in [2.24, 2.45) is 11.3 Å². The molecule has 1 atom stereocenters. The molecule has 0 bridgehead atoms. The predicted octanol–water partition coefficient (Wildman–Crippen LogP) is 2.41. The minimum atomic E-state index is -1.20. The van der Waals surface area contributed by atoms with Crippen LogP contribution in [0.5, 0.6) is 5.75 Å². The molecule has 2 aliphatic heterocycles. The van der Waals surface area contributed by atoms with E-state index < -0.39 is 11.4 Å². The number of rotatable bonds is 5. The average Bonchev–Trinajstić information content (AvgIpc) is 2.75. The molecule has 0 amide bonds. The van der Waals surface area contributed by atoms with Crippen molar-refractivity contribution in [3.8, 4) is 5.75 Å². The molecule has 7 nitrogen and oxygen atoms in total. The van der Waals surface area contributed by atoms with Gasteiger partial charge in [0.2, 0.25) is 0 Å². The summed E-state index contributed by atoms with van der Waals surface area (Å²) < 4.78 is 8.33. The van der Waals surface area contributed by atoms with Gasteiger partial charge in [-0.3, -0.25) is 4.79 Å². The second kappa shape index (κ2) is 9.53. The van der Waals surface area contributed by atoms with Crippen molar-refractivity contribution in [3.05, 3.63) is 62.4 Å². The molecule has 2 N–H and O–H groups in total. The van der Waals surface area contributed by atoms with E-state index in [1.54, 1.807) is 0 Å². The third-order valence-corrected chi connectivity index (χ3v) is 7.30. The van der Waals surface area contributed by atoms with E-state index in [0.717, 1.165) is 47.1 Å². The smallest absolute Gasteiger partial charge is 0.341 e.